The van der Waals surface area contributed by atoms with Crippen LogP contribution in [0.3, 0.4) is 0 Å². The van der Waals surface area contributed by atoms with Gasteiger partial charge in [-0.1, -0.05) is 30.3 Å². The first-order valence-corrected chi connectivity index (χ1v) is 7.82. The molecule has 6 heteroatoms. The number of carbonyl (C=O) groups excluding carboxylic acids is 2. The number of benzene rings is 2. The molecule has 2 N–H and O–H groups in total. The minimum Gasteiger partial charge on any atom is -0.452 e. The van der Waals surface area contributed by atoms with Crippen LogP contribution in [0.1, 0.15) is 28.9 Å². The molecule has 0 radical (unpaired) electrons. The molecule has 0 aliphatic rings. The molecule has 0 saturated carbocycles. The summed E-state index contributed by atoms with van der Waals surface area (Å²) in [6.07, 6.45) is 1.56. The number of nitrogens with one attached hydrogen (secondary N) is 2. The quantitative estimate of drug-likeness (QED) is 0.700. The number of ether oxygens (including phenoxy) is 1. The second-order valence-electron chi connectivity index (χ2n) is 5.66. The first kappa shape index (κ1) is 16.7. The fourth-order valence-corrected chi connectivity index (χ4v) is 2.57. The molecule has 0 fully saturated rings. The van der Waals surface area contributed by atoms with E-state index in [1.54, 1.807) is 31.3 Å². The largest absolute Gasteiger partial charge is 0.452 e. The summed E-state index contributed by atoms with van der Waals surface area (Å²) in [5.74, 6) is -1.33. The van der Waals surface area contributed by atoms with E-state index in [0.29, 0.717) is 5.56 Å². The fourth-order valence-electron chi connectivity index (χ4n) is 2.57. The molecule has 3 aromatic rings. The highest BCUT2D eigenvalue weighted by atomic mass is 19.1. The lowest BCUT2D eigenvalue weighted by molar-refractivity contribution is -0.124. The first-order valence-electron chi connectivity index (χ1n) is 7.82. The maximum Gasteiger partial charge on any atom is 0.340 e. The summed E-state index contributed by atoms with van der Waals surface area (Å²) < 4.78 is 18.0. The van der Waals surface area contributed by atoms with Gasteiger partial charge in [-0.3, -0.25) is 4.79 Å². The third-order valence-electron chi connectivity index (χ3n) is 3.89. The molecule has 25 heavy (non-hydrogen) atoms. The molecule has 5 nitrogen and oxygen atoms in total. The Balaban J connectivity index is 1.56. The van der Waals surface area contributed by atoms with Gasteiger partial charge < -0.3 is 15.0 Å². The van der Waals surface area contributed by atoms with Crippen molar-refractivity contribution in [2.24, 2.45) is 0 Å². The second-order valence-corrected chi connectivity index (χ2v) is 5.66. The van der Waals surface area contributed by atoms with E-state index in [4.69, 9.17) is 4.74 Å². The molecule has 0 aliphatic heterocycles. The van der Waals surface area contributed by atoms with Crippen LogP contribution in [0.25, 0.3) is 10.9 Å². The standard InChI is InChI=1S/C19H17FN2O3/c1-12(13-6-8-14(20)9-7-13)22-18(23)11-25-19(24)16-10-21-17-5-3-2-4-15(16)17/h2-10,12,21H,11H2,1H3,(H,22,23)/t12-/m1/s1. The predicted molar refractivity (Wildman–Crippen MR) is 91.5 cm³/mol. The predicted octanol–water partition coefficient (Wildman–Crippen LogP) is 3.34. The van der Waals surface area contributed by atoms with Gasteiger partial charge in [0, 0.05) is 17.1 Å². The van der Waals surface area contributed by atoms with Crippen LogP contribution in [0, 0.1) is 5.82 Å². The van der Waals surface area contributed by atoms with Gasteiger partial charge in [0.2, 0.25) is 0 Å². The third-order valence-corrected chi connectivity index (χ3v) is 3.89. The lowest BCUT2D eigenvalue weighted by Crippen LogP contribution is -2.31. The summed E-state index contributed by atoms with van der Waals surface area (Å²) in [5.41, 5.74) is 1.97. The first-order chi connectivity index (χ1) is 12.0. The van der Waals surface area contributed by atoms with E-state index in [9.17, 15) is 14.0 Å². The van der Waals surface area contributed by atoms with Gasteiger partial charge in [0.15, 0.2) is 6.61 Å². The van der Waals surface area contributed by atoms with Crippen molar-refractivity contribution in [3.8, 4) is 0 Å². The van der Waals surface area contributed by atoms with Gasteiger partial charge in [0.1, 0.15) is 5.82 Å². The zero-order chi connectivity index (χ0) is 17.8. The number of hydrogen-bond acceptors (Lipinski definition) is 3. The molecule has 0 bridgehead atoms. The van der Waals surface area contributed by atoms with Crippen molar-refractivity contribution in [3.63, 3.8) is 0 Å². The third kappa shape index (κ3) is 3.85. The van der Waals surface area contributed by atoms with Crippen molar-refractivity contribution in [3.05, 3.63) is 71.7 Å². The maximum absolute atomic E-state index is 12.9. The number of hydrogen-bond donors (Lipinski definition) is 2. The average Bonchev–Trinajstić information content (AvgIpc) is 3.04. The Morgan fingerprint density at radius 1 is 1.16 bits per heavy atom. The van der Waals surface area contributed by atoms with Crippen molar-refractivity contribution >= 4 is 22.8 Å². The van der Waals surface area contributed by atoms with Crippen LogP contribution in [0.5, 0.6) is 0 Å². The minimum atomic E-state index is -0.568. The van der Waals surface area contributed by atoms with Crippen LogP contribution in [-0.2, 0) is 9.53 Å². The normalized spacial score (nSPS) is 11.9. The molecule has 1 aromatic heterocycles. The van der Waals surface area contributed by atoms with Gasteiger partial charge in [-0.2, -0.15) is 0 Å². The molecule has 1 amide bonds. The number of amides is 1. The summed E-state index contributed by atoms with van der Waals surface area (Å²) in [7, 11) is 0. The molecule has 1 atom stereocenters. The maximum atomic E-state index is 12.9. The van der Waals surface area contributed by atoms with E-state index in [-0.39, 0.29) is 18.5 Å². The second kappa shape index (κ2) is 7.17. The number of H-pyrrole nitrogens is 1. The number of aromatic nitrogens is 1. The Hall–Kier alpha value is -3.15. The molecular weight excluding hydrogens is 323 g/mol. The van der Waals surface area contributed by atoms with Crippen molar-refractivity contribution in [2.75, 3.05) is 6.61 Å². The van der Waals surface area contributed by atoms with Gasteiger partial charge in [0.05, 0.1) is 11.6 Å². The highest BCUT2D eigenvalue weighted by Crippen LogP contribution is 2.18. The molecule has 0 aliphatic carbocycles. The van der Waals surface area contributed by atoms with E-state index in [1.165, 1.54) is 12.1 Å². The van der Waals surface area contributed by atoms with Crippen molar-refractivity contribution < 1.29 is 18.7 Å². The number of rotatable bonds is 5. The van der Waals surface area contributed by atoms with Crippen LogP contribution < -0.4 is 5.32 Å². The Labute approximate surface area is 143 Å². The zero-order valence-corrected chi connectivity index (χ0v) is 13.6. The number of esters is 1. The van der Waals surface area contributed by atoms with E-state index < -0.39 is 11.9 Å². The monoisotopic (exact) mass is 340 g/mol. The van der Waals surface area contributed by atoms with Crippen molar-refractivity contribution in [1.29, 1.82) is 0 Å². The summed E-state index contributed by atoms with van der Waals surface area (Å²) in [6, 6.07) is 12.9. The lowest BCUT2D eigenvalue weighted by Gasteiger charge is -2.14. The number of halogens is 1. The van der Waals surface area contributed by atoms with E-state index in [0.717, 1.165) is 16.5 Å². The minimum absolute atomic E-state index is 0.320. The molecule has 0 unspecified atom stereocenters. The van der Waals surface area contributed by atoms with Crippen molar-refractivity contribution in [2.45, 2.75) is 13.0 Å². The SMILES string of the molecule is C[C@@H](NC(=O)COC(=O)c1c[nH]c2ccccc12)c1ccc(F)cc1. The van der Waals surface area contributed by atoms with Gasteiger partial charge in [0.25, 0.3) is 5.91 Å². The smallest absolute Gasteiger partial charge is 0.340 e. The Kier molecular flexibility index (Phi) is 4.79. The van der Waals surface area contributed by atoms with Crippen LogP contribution in [0.2, 0.25) is 0 Å². The lowest BCUT2D eigenvalue weighted by atomic mass is 10.1. The average molecular weight is 340 g/mol. The molecular formula is C19H17FN2O3. The van der Waals surface area contributed by atoms with E-state index in [2.05, 4.69) is 10.3 Å². The summed E-state index contributed by atoms with van der Waals surface area (Å²) in [5, 5.41) is 3.45. The highest BCUT2D eigenvalue weighted by Gasteiger charge is 2.16. The van der Waals surface area contributed by atoms with Gasteiger partial charge in [-0.25, -0.2) is 9.18 Å². The van der Waals surface area contributed by atoms with Gasteiger partial charge in [-0.05, 0) is 30.7 Å². The van der Waals surface area contributed by atoms with Crippen LogP contribution in [0.4, 0.5) is 4.39 Å². The summed E-state index contributed by atoms with van der Waals surface area (Å²) in [4.78, 5) is 27.1. The molecule has 1 heterocycles. The molecule has 2 aromatic carbocycles. The van der Waals surface area contributed by atoms with E-state index in [1.807, 2.05) is 18.2 Å². The number of fused-ring (bicyclic) bond motifs is 1. The summed E-state index contributed by atoms with van der Waals surface area (Å²) in [6.45, 7) is 1.39. The number of aromatic amines is 1. The Morgan fingerprint density at radius 3 is 2.64 bits per heavy atom. The van der Waals surface area contributed by atoms with Crippen molar-refractivity contribution in [1.82, 2.24) is 10.3 Å². The van der Waals surface area contributed by atoms with E-state index >= 15 is 0 Å². The van der Waals surface area contributed by atoms with Gasteiger partial charge in [-0.15, -0.1) is 0 Å². The molecule has 3 rings (SSSR count). The fraction of sp³-hybridized carbons (Fsp3) is 0.158. The van der Waals surface area contributed by atoms with Gasteiger partial charge >= 0.3 is 5.97 Å². The topological polar surface area (TPSA) is 71.2 Å². The highest BCUT2D eigenvalue weighted by molar-refractivity contribution is 6.04. The molecule has 0 saturated heterocycles. The molecule has 0 spiro atoms. The zero-order valence-electron chi connectivity index (χ0n) is 13.6. The Bertz CT molecular complexity index is 902. The molecule has 128 valence electrons. The Morgan fingerprint density at radius 2 is 1.88 bits per heavy atom. The van der Waals surface area contributed by atoms with Crippen LogP contribution >= 0.6 is 0 Å². The summed E-state index contributed by atoms with van der Waals surface area (Å²) >= 11 is 0. The number of para-hydroxylation sites is 1. The van der Waals surface area contributed by atoms with Crippen LogP contribution in [0.15, 0.2) is 54.7 Å². The number of carbonyl (C=O) groups is 2. The van der Waals surface area contributed by atoms with Crippen LogP contribution in [-0.4, -0.2) is 23.5 Å².